The first-order valence-electron chi connectivity index (χ1n) is 8.84. The Kier molecular flexibility index (Phi) is 6.92. The third kappa shape index (κ3) is 5.17. The predicted molar refractivity (Wildman–Crippen MR) is 103 cm³/mol. The Morgan fingerprint density at radius 2 is 1.62 bits per heavy atom. The molecule has 0 atom stereocenters. The van der Waals surface area contributed by atoms with Crippen molar-refractivity contribution >= 4 is 17.6 Å². The number of carboxylic acid groups (broad SMARTS) is 1. The lowest BCUT2D eigenvalue weighted by atomic mass is 10.1. The lowest BCUT2D eigenvalue weighted by Gasteiger charge is -2.25. The minimum atomic E-state index is -1.05. The standard InChI is InChI=1S/C21H26N2O3/c1-4-22(16(2)3)14-17-10-12-18(13-11-17)21(26)23(15-20(24)25)19-8-6-5-7-9-19/h5-13,16H,4,14-15H2,1-3H3,(H,24,25). The van der Waals surface area contributed by atoms with Gasteiger partial charge >= 0.3 is 5.97 Å². The van der Waals surface area contributed by atoms with Crippen molar-refractivity contribution in [3.63, 3.8) is 0 Å². The van der Waals surface area contributed by atoms with E-state index in [0.717, 1.165) is 18.7 Å². The zero-order chi connectivity index (χ0) is 19.1. The van der Waals surface area contributed by atoms with E-state index < -0.39 is 5.97 Å². The van der Waals surface area contributed by atoms with E-state index in [9.17, 15) is 9.59 Å². The molecule has 0 saturated carbocycles. The van der Waals surface area contributed by atoms with Crippen LogP contribution in [-0.4, -0.2) is 41.0 Å². The van der Waals surface area contributed by atoms with Crippen LogP contribution < -0.4 is 4.90 Å². The largest absolute Gasteiger partial charge is 0.480 e. The summed E-state index contributed by atoms with van der Waals surface area (Å²) in [4.78, 5) is 27.6. The van der Waals surface area contributed by atoms with E-state index in [0.29, 0.717) is 17.3 Å². The molecule has 0 unspecified atom stereocenters. The summed E-state index contributed by atoms with van der Waals surface area (Å²) in [5.41, 5.74) is 2.17. The maximum atomic E-state index is 12.8. The number of para-hydroxylation sites is 1. The number of hydrogen-bond acceptors (Lipinski definition) is 3. The summed E-state index contributed by atoms with van der Waals surface area (Å²) in [5.74, 6) is -1.37. The van der Waals surface area contributed by atoms with Crippen LogP contribution in [0.4, 0.5) is 5.69 Å². The van der Waals surface area contributed by atoms with Crippen molar-refractivity contribution in [2.24, 2.45) is 0 Å². The molecule has 5 heteroatoms. The highest BCUT2D eigenvalue weighted by Crippen LogP contribution is 2.18. The van der Waals surface area contributed by atoms with Crippen molar-refractivity contribution in [3.8, 4) is 0 Å². The molecule has 0 heterocycles. The molecule has 0 bridgehead atoms. The summed E-state index contributed by atoms with van der Waals surface area (Å²) in [6.07, 6.45) is 0. The second-order valence-corrected chi connectivity index (χ2v) is 6.47. The number of carbonyl (C=O) groups is 2. The van der Waals surface area contributed by atoms with Gasteiger partial charge in [0.2, 0.25) is 0 Å². The van der Waals surface area contributed by atoms with E-state index in [1.54, 1.807) is 36.4 Å². The number of rotatable bonds is 8. The maximum Gasteiger partial charge on any atom is 0.323 e. The molecule has 0 radical (unpaired) electrons. The fourth-order valence-corrected chi connectivity index (χ4v) is 2.83. The van der Waals surface area contributed by atoms with E-state index in [1.165, 1.54) is 4.90 Å². The Labute approximate surface area is 154 Å². The van der Waals surface area contributed by atoms with Gasteiger partial charge in [0.15, 0.2) is 0 Å². The third-order valence-electron chi connectivity index (χ3n) is 4.33. The van der Waals surface area contributed by atoms with Crippen LogP contribution in [0, 0.1) is 0 Å². The Hall–Kier alpha value is -2.66. The van der Waals surface area contributed by atoms with Crippen molar-refractivity contribution in [3.05, 3.63) is 65.7 Å². The minimum Gasteiger partial charge on any atom is -0.480 e. The van der Waals surface area contributed by atoms with Gasteiger partial charge in [-0.15, -0.1) is 0 Å². The Bertz CT molecular complexity index is 727. The lowest BCUT2D eigenvalue weighted by molar-refractivity contribution is -0.135. The van der Waals surface area contributed by atoms with E-state index in [1.807, 2.05) is 18.2 Å². The van der Waals surface area contributed by atoms with Gasteiger partial charge < -0.3 is 5.11 Å². The van der Waals surface area contributed by atoms with Gasteiger partial charge in [0.1, 0.15) is 6.54 Å². The number of carboxylic acids is 1. The lowest BCUT2D eigenvalue weighted by Crippen LogP contribution is -2.35. The summed E-state index contributed by atoms with van der Waals surface area (Å²) in [6, 6.07) is 16.7. The fraction of sp³-hybridized carbons (Fsp3) is 0.333. The average Bonchev–Trinajstić information content (AvgIpc) is 2.64. The summed E-state index contributed by atoms with van der Waals surface area (Å²) in [5, 5.41) is 9.16. The molecule has 1 N–H and O–H groups in total. The van der Waals surface area contributed by atoms with Crippen LogP contribution in [0.5, 0.6) is 0 Å². The molecule has 2 rings (SSSR count). The molecule has 1 amide bonds. The number of hydrogen-bond donors (Lipinski definition) is 1. The number of amides is 1. The molecular weight excluding hydrogens is 328 g/mol. The molecule has 5 nitrogen and oxygen atoms in total. The molecule has 0 aliphatic rings. The summed E-state index contributed by atoms with van der Waals surface area (Å²) < 4.78 is 0. The first kappa shape index (κ1) is 19.7. The monoisotopic (exact) mass is 354 g/mol. The molecule has 0 aromatic heterocycles. The van der Waals surface area contributed by atoms with Gasteiger partial charge in [-0.2, -0.15) is 0 Å². The topological polar surface area (TPSA) is 60.9 Å². The van der Waals surface area contributed by atoms with E-state index in [4.69, 9.17) is 5.11 Å². The highest BCUT2D eigenvalue weighted by atomic mass is 16.4. The van der Waals surface area contributed by atoms with Gasteiger partial charge in [-0.25, -0.2) is 0 Å². The third-order valence-corrected chi connectivity index (χ3v) is 4.33. The second-order valence-electron chi connectivity index (χ2n) is 6.47. The number of anilines is 1. The van der Waals surface area contributed by atoms with Crippen LogP contribution in [-0.2, 0) is 11.3 Å². The van der Waals surface area contributed by atoms with Gasteiger partial charge in [0.25, 0.3) is 5.91 Å². The van der Waals surface area contributed by atoms with Gasteiger partial charge in [-0.05, 0) is 50.2 Å². The first-order chi connectivity index (χ1) is 12.4. The number of carbonyl (C=O) groups excluding carboxylic acids is 1. The van der Waals surface area contributed by atoms with Crippen LogP contribution in [0.15, 0.2) is 54.6 Å². The quantitative estimate of drug-likeness (QED) is 0.786. The van der Waals surface area contributed by atoms with E-state index >= 15 is 0 Å². The molecule has 138 valence electrons. The minimum absolute atomic E-state index is 0.318. The molecule has 26 heavy (non-hydrogen) atoms. The average molecular weight is 354 g/mol. The fourth-order valence-electron chi connectivity index (χ4n) is 2.83. The zero-order valence-corrected chi connectivity index (χ0v) is 15.6. The molecule has 2 aromatic carbocycles. The van der Waals surface area contributed by atoms with Gasteiger partial charge in [-0.3, -0.25) is 19.4 Å². The molecule has 0 aliphatic heterocycles. The van der Waals surface area contributed by atoms with Crippen molar-refractivity contribution in [2.75, 3.05) is 18.0 Å². The van der Waals surface area contributed by atoms with Crippen molar-refractivity contribution in [1.82, 2.24) is 4.90 Å². The maximum absolute atomic E-state index is 12.8. The summed E-state index contributed by atoms with van der Waals surface area (Å²) >= 11 is 0. The smallest absolute Gasteiger partial charge is 0.323 e. The van der Waals surface area contributed by atoms with Crippen LogP contribution in [0.25, 0.3) is 0 Å². The van der Waals surface area contributed by atoms with Crippen LogP contribution in [0.3, 0.4) is 0 Å². The molecular formula is C21H26N2O3. The highest BCUT2D eigenvalue weighted by molar-refractivity contribution is 6.08. The molecule has 2 aromatic rings. The molecule has 0 spiro atoms. The highest BCUT2D eigenvalue weighted by Gasteiger charge is 2.20. The van der Waals surface area contributed by atoms with E-state index in [2.05, 4.69) is 25.7 Å². The molecule has 0 aliphatic carbocycles. The Morgan fingerprint density at radius 1 is 1.00 bits per heavy atom. The Balaban J connectivity index is 2.20. The molecule has 0 fully saturated rings. The van der Waals surface area contributed by atoms with Gasteiger partial charge in [-0.1, -0.05) is 37.3 Å². The van der Waals surface area contributed by atoms with Crippen molar-refractivity contribution in [2.45, 2.75) is 33.4 Å². The van der Waals surface area contributed by atoms with Crippen molar-refractivity contribution < 1.29 is 14.7 Å². The number of aliphatic carboxylic acids is 1. The Morgan fingerprint density at radius 3 is 2.12 bits per heavy atom. The zero-order valence-electron chi connectivity index (χ0n) is 15.6. The summed E-state index contributed by atoms with van der Waals surface area (Å²) in [7, 11) is 0. The van der Waals surface area contributed by atoms with Crippen LogP contribution in [0.2, 0.25) is 0 Å². The van der Waals surface area contributed by atoms with Gasteiger partial charge in [0, 0.05) is 23.8 Å². The predicted octanol–water partition coefficient (Wildman–Crippen LogP) is 3.65. The molecule has 0 saturated heterocycles. The summed E-state index contributed by atoms with van der Waals surface area (Å²) in [6.45, 7) is 7.85. The SMILES string of the molecule is CCN(Cc1ccc(C(=O)N(CC(=O)O)c2ccccc2)cc1)C(C)C. The van der Waals surface area contributed by atoms with Gasteiger partial charge in [0.05, 0.1) is 0 Å². The van der Waals surface area contributed by atoms with E-state index in [-0.39, 0.29) is 12.5 Å². The number of nitrogens with zero attached hydrogens (tertiary/aromatic N) is 2. The second kappa shape index (κ2) is 9.15. The number of benzene rings is 2. The first-order valence-corrected chi connectivity index (χ1v) is 8.84. The van der Waals surface area contributed by atoms with Crippen molar-refractivity contribution in [1.29, 1.82) is 0 Å². The van der Waals surface area contributed by atoms with Crippen LogP contribution >= 0.6 is 0 Å². The normalized spacial score (nSPS) is 11.0. The van der Waals surface area contributed by atoms with Crippen LogP contribution in [0.1, 0.15) is 36.7 Å².